The topological polar surface area (TPSA) is 23.5 Å². The number of nitrogens with zero attached hydrogens (tertiary/aromatic N) is 5. The van der Waals surface area contributed by atoms with Crippen molar-refractivity contribution in [2.75, 3.05) is 0 Å². The third-order valence-corrected chi connectivity index (χ3v) is 11.0. The monoisotopic (exact) mass is 699 g/mol. The first kappa shape index (κ1) is 30.7. The summed E-state index contributed by atoms with van der Waals surface area (Å²) >= 11 is 0. The summed E-state index contributed by atoms with van der Waals surface area (Å²) in [6.45, 7) is 15.7. The van der Waals surface area contributed by atoms with Gasteiger partial charge >= 0.3 is 0 Å². The Hall–Kier alpha value is -7.86. The van der Waals surface area contributed by atoms with Crippen molar-refractivity contribution in [1.82, 2.24) is 13.7 Å². The Morgan fingerprint density at radius 1 is 0.327 bits per heavy atom. The van der Waals surface area contributed by atoms with Crippen LogP contribution in [0.15, 0.2) is 176 Å². The van der Waals surface area contributed by atoms with Crippen LogP contribution in [0.1, 0.15) is 0 Å². The summed E-state index contributed by atoms with van der Waals surface area (Å²) in [5.74, 6) is 0. The molecule has 0 spiro atoms. The van der Waals surface area contributed by atoms with Crippen LogP contribution in [0.4, 0.5) is 11.4 Å². The summed E-state index contributed by atoms with van der Waals surface area (Å²) in [5, 5.41) is 7.04. The van der Waals surface area contributed by atoms with Crippen LogP contribution in [0.3, 0.4) is 0 Å². The van der Waals surface area contributed by atoms with Gasteiger partial charge in [-0.3, -0.25) is 0 Å². The molecule has 0 saturated heterocycles. The van der Waals surface area contributed by atoms with Crippen molar-refractivity contribution in [3.63, 3.8) is 0 Å². The third-order valence-electron chi connectivity index (χ3n) is 11.0. The predicted molar refractivity (Wildman–Crippen MR) is 227 cm³/mol. The molecule has 0 amide bonds. The summed E-state index contributed by atoms with van der Waals surface area (Å²) < 4.78 is 6.98. The summed E-state index contributed by atoms with van der Waals surface area (Å²) in [6.07, 6.45) is 0. The quantitative estimate of drug-likeness (QED) is 0.163. The van der Waals surface area contributed by atoms with Gasteiger partial charge in [0.05, 0.1) is 46.4 Å². The van der Waals surface area contributed by atoms with Crippen LogP contribution in [0.5, 0.6) is 0 Å². The molecule has 11 aromatic rings. The molecule has 0 fully saturated rings. The molecule has 5 nitrogen and oxygen atoms in total. The van der Waals surface area contributed by atoms with E-state index in [-0.39, 0.29) is 0 Å². The molecule has 0 bridgehead atoms. The number of aromatic nitrogens is 3. The van der Waals surface area contributed by atoms with Gasteiger partial charge in [-0.05, 0) is 77.9 Å². The first-order valence-electron chi connectivity index (χ1n) is 18.3. The van der Waals surface area contributed by atoms with Gasteiger partial charge in [-0.15, -0.1) is 0 Å². The van der Waals surface area contributed by atoms with E-state index in [9.17, 15) is 0 Å². The van der Waals surface area contributed by atoms with Crippen molar-refractivity contribution in [3.05, 3.63) is 199 Å². The zero-order valence-corrected chi connectivity index (χ0v) is 29.5. The molecule has 8 aromatic carbocycles. The summed E-state index contributed by atoms with van der Waals surface area (Å²) in [5.41, 5.74) is 12.8. The van der Waals surface area contributed by atoms with Crippen molar-refractivity contribution in [2.45, 2.75) is 0 Å². The maximum Gasteiger partial charge on any atom is 0.189 e. The van der Waals surface area contributed by atoms with Crippen LogP contribution in [-0.2, 0) is 0 Å². The SMILES string of the molecule is [C-]#[N+]c1ccc(-n2c3ccccc3c3ccc([N+]#[C-])cc32)c(-c2cccc(-n3c4ccccc4c4ccc(-n5c6ccccc6c6ccccc65)cc43)c2)c1. The molecule has 11 rings (SSSR count). The van der Waals surface area contributed by atoms with Gasteiger partial charge in [0, 0.05) is 49.2 Å². The Bertz CT molecular complexity index is 3420. The fourth-order valence-corrected chi connectivity index (χ4v) is 8.70. The Labute approximate surface area is 316 Å². The minimum atomic E-state index is 0.569. The molecule has 3 aromatic heterocycles. The van der Waals surface area contributed by atoms with E-state index in [0.29, 0.717) is 11.4 Å². The highest BCUT2D eigenvalue weighted by molar-refractivity contribution is 6.13. The molecular weight excluding hydrogens is 671 g/mol. The zero-order chi connectivity index (χ0) is 36.6. The molecule has 3 heterocycles. The molecule has 0 aliphatic carbocycles. The molecule has 0 atom stereocenters. The van der Waals surface area contributed by atoms with E-state index in [4.69, 9.17) is 13.1 Å². The van der Waals surface area contributed by atoms with Gasteiger partial charge in [-0.1, -0.05) is 109 Å². The normalized spacial score (nSPS) is 11.6. The van der Waals surface area contributed by atoms with Crippen molar-refractivity contribution in [3.8, 4) is 28.2 Å². The van der Waals surface area contributed by atoms with Crippen molar-refractivity contribution < 1.29 is 0 Å². The van der Waals surface area contributed by atoms with Gasteiger partial charge in [-0.2, -0.15) is 0 Å². The molecule has 55 heavy (non-hydrogen) atoms. The van der Waals surface area contributed by atoms with E-state index in [1.54, 1.807) is 0 Å². The Morgan fingerprint density at radius 2 is 0.782 bits per heavy atom. The van der Waals surface area contributed by atoms with Crippen molar-refractivity contribution in [1.29, 1.82) is 0 Å². The van der Waals surface area contributed by atoms with Gasteiger partial charge in [-0.25, -0.2) is 9.69 Å². The molecule has 254 valence electrons. The third kappa shape index (κ3) is 4.51. The lowest BCUT2D eigenvalue weighted by Gasteiger charge is -2.16. The Kier molecular flexibility index (Phi) is 6.61. The van der Waals surface area contributed by atoms with Crippen LogP contribution < -0.4 is 0 Å². The lowest BCUT2D eigenvalue weighted by molar-refractivity contribution is 1.15. The average molecular weight is 700 g/mol. The van der Waals surface area contributed by atoms with E-state index in [1.165, 1.54) is 32.6 Å². The van der Waals surface area contributed by atoms with Crippen LogP contribution >= 0.6 is 0 Å². The van der Waals surface area contributed by atoms with Gasteiger partial charge in [0.15, 0.2) is 11.4 Å². The minimum Gasteiger partial charge on any atom is -0.310 e. The molecule has 0 saturated carbocycles. The van der Waals surface area contributed by atoms with Crippen molar-refractivity contribution in [2.24, 2.45) is 0 Å². The molecule has 0 N–H and O–H groups in total. The molecule has 0 aliphatic rings. The molecule has 0 aliphatic heterocycles. The van der Waals surface area contributed by atoms with E-state index in [0.717, 1.165) is 61.0 Å². The zero-order valence-electron chi connectivity index (χ0n) is 29.5. The second-order valence-electron chi connectivity index (χ2n) is 14.0. The highest BCUT2D eigenvalue weighted by atomic mass is 15.0. The summed E-state index contributed by atoms with van der Waals surface area (Å²) in [4.78, 5) is 7.62. The highest BCUT2D eigenvalue weighted by Gasteiger charge is 2.19. The van der Waals surface area contributed by atoms with Gasteiger partial charge in [0.1, 0.15) is 0 Å². The number of hydrogen-bond donors (Lipinski definition) is 0. The number of hydrogen-bond acceptors (Lipinski definition) is 0. The molecule has 0 radical (unpaired) electrons. The highest BCUT2D eigenvalue weighted by Crippen LogP contribution is 2.41. The fourth-order valence-electron chi connectivity index (χ4n) is 8.70. The van der Waals surface area contributed by atoms with Crippen LogP contribution in [0.2, 0.25) is 0 Å². The number of rotatable bonds is 4. The maximum atomic E-state index is 7.96. The summed E-state index contributed by atoms with van der Waals surface area (Å²) in [7, 11) is 0. The Morgan fingerprint density at radius 3 is 1.38 bits per heavy atom. The first-order valence-corrected chi connectivity index (χ1v) is 18.3. The minimum absolute atomic E-state index is 0.569. The number of fused-ring (bicyclic) bond motifs is 9. The fraction of sp³-hybridized carbons (Fsp3) is 0. The standard InChI is InChI=1S/C50H29N5/c1-51-33-23-27-48(55-47-21-10-6-17-40(47)41-25-22-34(52-2)30-49(41)55)43(29-33)32-12-11-13-35(28-32)54-46-20-9-5-16-39(46)42-26-24-36(31-50(42)54)53-44-18-7-3-14-37(44)38-15-4-8-19-45(38)53/h3-31H. The van der Waals surface area contributed by atoms with Gasteiger partial charge in [0.25, 0.3) is 0 Å². The van der Waals surface area contributed by atoms with Gasteiger partial charge < -0.3 is 13.7 Å². The number of benzene rings is 8. The Balaban J connectivity index is 1.16. The predicted octanol–water partition coefficient (Wildman–Crippen LogP) is 13.7. The van der Waals surface area contributed by atoms with E-state index in [2.05, 4.69) is 163 Å². The van der Waals surface area contributed by atoms with E-state index in [1.807, 2.05) is 36.4 Å². The molecular formula is C50H29N5. The van der Waals surface area contributed by atoms with Crippen LogP contribution in [0, 0.1) is 13.1 Å². The number of para-hydroxylation sites is 4. The second kappa shape index (κ2) is 11.8. The molecule has 0 unspecified atom stereocenters. The van der Waals surface area contributed by atoms with Crippen LogP contribution in [0.25, 0.3) is 103 Å². The average Bonchev–Trinajstić information content (AvgIpc) is 3.88. The maximum absolute atomic E-state index is 7.96. The lowest BCUT2D eigenvalue weighted by atomic mass is 10.0. The van der Waals surface area contributed by atoms with E-state index < -0.39 is 0 Å². The van der Waals surface area contributed by atoms with E-state index >= 15 is 0 Å². The van der Waals surface area contributed by atoms with Gasteiger partial charge in [0.2, 0.25) is 0 Å². The second-order valence-corrected chi connectivity index (χ2v) is 14.0. The lowest BCUT2D eigenvalue weighted by Crippen LogP contribution is -1.99. The first-order chi connectivity index (χ1) is 27.2. The molecule has 5 heteroatoms. The van der Waals surface area contributed by atoms with Crippen LogP contribution in [-0.4, -0.2) is 13.7 Å². The van der Waals surface area contributed by atoms with Crippen molar-refractivity contribution >= 4 is 76.8 Å². The smallest absolute Gasteiger partial charge is 0.189 e. The largest absolute Gasteiger partial charge is 0.310 e. The summed E-state index contributed by atoms with van der Waals surface area (Å²) in [6, 6.07) is 61.5.